The zero-order chi connectivity index (χ0) is 23.7. The highest BCUT2D eigenvalue weighted by atomic mass is 35.5. The number of carboxylic acids is 1. The number of nitrogens with zero attached hydrogens (tertiary/aromatic N) is 3. The predicted octanol–water partition coefficient (Wildman–Crippen LogP) is 5.81. The predicted molar refractivity (Wildman–Crippen MR) is 127 cm³/mol. The smallest absolute Gasteiger partial charge is 0.336 e. The van der Waals surface area contributed by atoms with Crippen LogP contribution in [0.5, 0.6) is 5.75 Å². The summed E-state index contributed by atoms with van der Waals surface area (Å²) in [5, 5.41) is 19.1. The molecule has 0 amide bonds. The van der Waals surface area contributed by atoms with E-state index < -0.39 is 5.97 Å². The Hall–Kier alpha value is -3.82. The van der Waals surface area contributed by atoms with Crippen LogP contribution in [0.15, 0.2) is 48.5 Å². The summed E-state index contributed by atoms with van der Waals surface area (Å²) in [6, 6.07) is 16.4. The van der Waals surface area contributed by atoms with E-state index >= 15 is 0 Å². The molecule has 0 bridgehead atoms. The monoisotopic (exact) mass is 459 g/mol. The Morgan fingerprint density at radius 3 is 2.64 bits per heavy atom. The molecule has 166 valence electrons. The van der Waals surface area contributed by atoms with E-state index in [0.29, 0.717) is 28.4 Å². The van der Waals surface area contributed by atoms with Crippen molar-refractivity contribution in [2.45, 2.75) is 33.9 Å². The fourth-order valence-corrected chi connectivity index (χ4v) is 4.16. The van der Waals surface area contributed by atoms with Gasteiger partial charge in [-0.25, -0.2) is 9.78 Å². The van der Waals surface area contributed by atoms with Gasteiger partial charge in [0.1, 0.15) is 18.2 Å². The Morgan fingerprint density at radius 2 is 1.94 bits per heavy atom. The fraction of sp³-hybridized carbons (Fsp3) is 0.192. The zero-order valence-corrected chi connectivity index (χ0v) is 19.3. The third-order valence-corrected chi connectivity index (χ3v) is 6.10. The lowest BCUT2D eigenvalue weighted by Crippen LogP contribution is -2.08. The number of nitriles is 1. The van der Waals surface area contributed by atoms with Crippen molar-refractivity contribution in [1.82, 2.24) is 9.55 Å². The molecule has 3 aromatic carbocycles. The molecule has 0 aliphatic carbocycles. The minimum atomic E-state index is -0.975. The molecule has 0 radical (unpaired) electrons. The molecule has 7 heteroatoms. The lowest BCUT2D eigenvalue weighted by molar-refractivity contribution is 0.0693. The van der Waals surface area contributed by atoms with Crippen LogP contribution in [0.2, 0.25) is 5.02 Å². The molecule has 6 nitrogen and oxygen atoms in total. The third-order valence-electron chi connectivity index (χ3n) is 5.74. The maximum absolute atomic E-state index is 11.6. The lowest BCUT2D eigenvalue weighted by atomic mass is 10.0. The summed E-state index contributed by atoms with van der Waals surface area (Å²) >= 11 is 6.41. The molecule has 0 aliphatic heterocycles. The highest BCUT2D eigenvalue weighted by molar-refractivity contribution is 6.31. The normalized spacial score (nSPS) is 10.9. The van der Waals surface area contributed by atoms with Crippen LogP contribution in [0.1, 0.15) is 44.0 Å². The van der Waals surface area contributed by atoms with Crippen molar-refractivity contribution in [3.8, 4) is 11.8 Å². The number of fused-ring (bicyclic) bond motifs is 1. The molecule has 4 aromatic rings. The van der Waals surface area contributed by atoms with Crippen LogP contribution in [-0.4, -0.2) is 20.6 Å². The highest BCUT2D eigenvalue weighted by Crippen LogP contribution is 2.29. The molecule has 0 aliphatic rings. The minimum absolute atomic E-state index is 0.147. The average Bonchev–Trinajstić information content (AvgIpc) is 3.09. The van der Waals surface area contributed by atoms with Crippen LogP contribution in [0.25, 0.3) is 11.0 Å². The number of benzene rings is 3. The molecule has 1 aromatic heterocycles. The number of rotatable bonds is 6. The van der Waals surface area contributed by atoms with Crippen LogP contribution >= 0.6 is 11.6 Å². The summed E-state index contributed by atoms with van der Waals surface area (Å²) in [5.74, 6) is 0.487. The van der Waals surface area contributed by atoms with Crippen molar-refractivity contribution in [1.29, 1.82) is 5.26 Å². The number of ether oxygens (including phenoxy) is 1. The first-order valence-electron chi connectivity index (χ1n) is 10.4. The molecular weight excluding hydrogens is 438 g/mol. The number of aromatic nitrogens is 2. The van der Waals surface area contributed by atoms with Crippen LogP contribution < -0.4 is 4.74 Å². The minimum Gasteiger partial charge on any atom is -0.489 e. The van der Waals surface area contributed by atoms with Gasteiger partial charge in [0.25, 0.3) is 0 Å². The second kappa shape index (κ2) is 8.97. The number of hydrogen-bond donors (Lipinski definition) is 1. The Morgan fingerprint density at radius 1 is 1.15 bits per heavy atom. The molecule has 0 saturated heterocycles. The summed E-state index contributed by atoms with van der Waals surface area (Å²) in [7, 11) is 0. The van der Waals surface area contributed by atoms with Gasteiger partial charge in [0.15, 0.2) is 0 Å². The van der Waals surface area contributed by atoms with Crippen LogP contribution in [0, 0.1) is 32.1 Å². The molecule has 0 unspecified atom stereocenters. The molecule has 4 rings (SSSR count). The first-order chi connectivity index (χ1) is 15.8. The second-order valence-corrected chi connectivity index (χ2v) is 8.37. The standard InChI is InChI=1S/C26H22ClN3O3/c1-15-5-4-6-21(26(31)32)22(15)14-33-20-9-16(2)25-24(11-20)30(17(3)29-25)13-19-8-7-18(12-28)10-23(19)27/h4-11H,13-14H2,1-3H3,(H,31,32). The first-order valence-corrected chi connectivity index (χ1v) is 10.8. The number of carbonyl (C=O) groups is 1. The summed E-state index contributed by atoms with van der Waals surface area (Å²) in [5.41, 5.74) is 5.87. The molecule has 1 heterocycles. The largest absolute Gasteiger partial charge is 0.489 e. The quantitative estimate of drug-likeness (QED) is 0.393. The van der Waals surface area contributed by atoms with E-state index in [-0.39, 0.29) is 12.2 Å². The van der Waals surface area contributed by atoms with Crippen molar-refractivity contribution in [2.24, 2.45) is 0 Å². The van der Waals surface area contributed by atoms with Crippen molar-refractivity contribution < 1.29 is 14.6 Å². The van der Waals surface area contributed by atoms with E-state index in [0.717, 1.165) is 33.5 Å². The van der Waals surface area contributed by atoms with Gasteiger partial charge in [-0.2, -0.15) is 5.26 Å². The molecule has 0 saturated carbocycles. The maximum Gasteiger partial charge on any atom is 0.336 e. The van der Waals surface area contributed by atoms with Gasteiger partial charge >= 0.3 is 5.97 Å². The van der Waals surface area contributed by atoms with E-state index in [1.807, 2.05) is 45.0 Å². The lowest BCUT2D eigenvalue weighted by Gasteiger charge is -2.13. The molecule has 0 fully saturated rings. The van der Waals surface area contributed by atoms with Gasteiger partial charge in [0.2, 0.25) is 0 Å². The molecule has 0 atom stereocenters. The van der Waals surface area contributed by atoms with Gasteiger partial charge in [0, 0.05) is 16.7 Å². The number of aromatic carboxylic acids is 1. The number of carboxylic acid groups (broad SMARTS) is 1. The SMILES string of the molecule is Cc1cccc(C(=O)O)c1COc1cc(C)c2nc(C)n(Cc3ccc(C#N)cc3Cl)c2c1. The van der Waals surface area contributed by atoms with Crippen LogP contribution in [-0.2, 0) is 13.2 Å². The van der Waals surface area contributed by atoms with Crippen molar-refractivity contribution >= 4 is 28.6 Å². The average molecular weight is 460 g/mol. The van der Waals surface area contributed by atoms with Gasteiger partial charge in [-0.15, -0.1) is 0 Å². The summed E-state index contributed by atoms with van der Waals surface area (Å²) in [6.07, 6.45) is 0. The van der Waals surface area contributed by atoms with E-state index in [9.17, 15) is 9.90 Å². The Balaban J connectivity index is 1.69. The number of imidazole rings is 1. The Kier molecular flexibility index (Phi) is 6.08. The highest BCUT2D eigenvalue weighted by Gasteiger charge is 2.16. The van der Waals surface area contributed by atoms with Gasteiger partial charge in [-0.1, -0.05) is 29.8 Å². The fourth-order valence-electron chi connectivity index (χ4n) is 3.92. The molecule has 33 heavy (non-hydrogen) atoms. The van der Waals surface area contributed by atoms with Crippen molar-refractivity contribution in [2.75, 3.05) is 0 Å². The summed E-state index contributed by atoms with van der Waals surface area (Å²) in [6.45, 7) is 6.42. The van der Waals surface area contributed by atoms with Gasteiger partial charge < -0.3 is 14.4 Å². The molecule has 0 spiro atoms. The second-order valence-electron chi connectivity index (χ2n) is 7.97. The van der Waals surface area contributed by atoms with Gasteiger partial charge in [0.05, 0.1) is 34.8 Å². The summed E-state index contributed by atoms with van der Waals surface area (Å²) in [4.78, 5) is 16.3. The van der Waals surface area contributed by atoms with E-state index in [1.54, 1.807) is 24.3 Å². The van der Waals surface area contributed by atoms with Gasteiger partial charge in [-0.05, 0) is 61.7 Å². The number of hydrogen-bond acceptors (Lipinski definition) is 4. The maximum atomic E-state index is 11.6. The van der Waals surface area contributed by atoms with E-state index in [4.69, 9.17) is 26.6 Å². The third kappa shape index (κ3) is 4.41. The zero-order valence-electron chi connectivity index (χ0n) is 18.5. The van der Waals surface area contributed by atoms with E-state index in [2.05, 4.69) is 10.6 Å². The Bertz CT molecular complexity index is 1430. The topological polar surface area (TPSA) is 88.1 Å². The van der Waals surface area contributed by atoms with Crippen LogP contribution in [0.4, 0.5) is 0 Å². The molecular formula is C26H22ClN3O3. The number of halogens is 1. The summed E-state index contributed by atoms with van der Waals surface area (Å²) < 4.78 is 8.11. The van der Waals surface area contributed by atoms with Gasteiger partial charge in [-0.3, -0.25) is 0 Å². The van der Waals surface area contributed by atoms with Crippen LogP contribution in [0.3, 0.4) is 0 Å². The van der Waals surface area contributed by atoms with Crippen molar-refractivity contribution in [3.05, 3.63) is 92.8 Å². The Labute approximate surface area is 196 Å². The number of aryl methyl sites for hydroxylation is 3. The first kappa shape index (κ1) is 22.4. The van der Waals surface area contributed by atoms with Crippen molar-refractivity contribution in [3.63, 3.8) is 0 Å². The molecule has 1 N–H and O–H groups in total. The van der Waals surface area contributed by atoms with E-state index in [1.165, 1.54) is 0 Å².